The van der Waals surface area contributed by atoms with Gasteiger partial charge in [-0.05, 0) is 35.7 Å². The number of hydrogen-bond donors (Lipinski definition) is 3. The maximum Gasteiger partial charge on any atom is 0.416 e. The number of para-hydroxylation sites is 1. The van der Waals surface area contributed by atoms with Crippen molar-refractivity contribution >= 4 is 17.5 Å². The molecule has 0 radical (unpaired) electrons. The zero-order valence-corrected chi connectivity index (χ0v) is 15.3. The second-order valence-corrected chi connectivity index (χ2v) is 6.36. The fourth-order valence-corrected chi connectivity index (χ4v) is 2.67. The van der Waals surface area contributed by atoms with Crippen molar-refractivity contribution in [3.05, 3.63) is 65.2 Å². The van der Waals surface area contributed by atoms with Crippen molar-refractivity contribution in [2.45, 2.75) is 25.4 Å². The van der Waals surface area contributed by atoms with Gasteiger partial charge in [0.15, 0.2) is 0 Å². The second kappa shape index (κ2) is 9.36. The van der Waals surface area contributed by atoms with Crippen LogP contribution in [0.5, 0.6) is 0 Å². The number of halogens is 3. The highest BCUT2D eigenvalue weighted by Crippen LogP contribution is 2.30. The van der Waals surface area contributed by atoms with Gasteiger partial charge in [0.2, 0.25) is 5.91 Å². The van der Waals surface area contributed by atoms with Crippen molar-refractivity contribution in [3.63, 3.8) is 0 Å². The van der Waals surface area contributed by atoms with E-state index in [0.717, 1.165) is 12.1 Å². The minimum Gasteiger partial charge on any atom is -0.351 e. The van der Waals surface area contributed by atoms with Gasteiger partial charge in [0.25, 0.3) is 5.91 Å². The third-order valence-electron chi connectivity index (χ3n) is 4.17. The van der Waals surface area contributed by atoms with Crippen LogP contribution in [0.4, 0.5) is 18.9 Å². The molecule has 2 amide bonds. The number of benzene rings is 2. The van der Waals surface area contributed by atoms with Crippen LogP contribution in [-0.2, 0) is 11.0 Å². The van der Waals surface area contributed by atoms with Crippen LogP contribution in [0.25, 0.3) is 0 Å². The largest absolute Gasteiger partial charge is 0.416 e. The SMILES string of the molecule is CC(CC(=O)Nc1ccccc1C(=O)NCCN)c1ccc(C(F)(F)F)cc1. The summed E-state index contributed by atoms with van der Waals surface area (Å²) in [5.74, 6) is -0.982. The van der Waals surface area contributed by atoms with Crippen molar-refractivity contribution in [1.29, 1.82) is 0 Å². The minimum atomic E-state index is -4.40. The Hall–Kier alpha value is -2.87. The van der Waals surface area contributed by atoms with Gasteiger partial charge < -0.3 is 16.4 Å². The zero-order valence-electron chi connectivity index (χ0n) is 15.3. The molecular weight excluding hydrogens is 371 g/mol. The fraction of sp³-hybridized carbons (Fsp3) is 0.300. The number of anilines is 1. The van der Waals surface area contributed by atoms with Crippen molar-refractivity contribution in [3.8, 4) is 0 Å². The molecule has 2 aromatic rings. The standard InChI is InChI=1S/C20H22F3N3O2/c1-13(14-6-8-15(9-7-14)20(21,22)23)12-18(27)26-17-5-3-2-4-16(17)19(28)25-11-10-24/h2-9,13H,10-12,24H2,1H3,(H,25,28)(H,26,27). The molecule has 0 bridgehead atoms. The highest BCUT2D eigenvalue weighted by atomic mass is 19.4. The molecule has 0 aliphatic rings. The van der Waals surface area contributed by atoms with Crippen LogP contribution in [0.1, 0.15) is 40.7 Å². The van der Waals surface area contributed by atoms with Crippen LogP contribution in [0.15, 0.2) is 48.5 Å². The molecule has 0 aliphatic heterocycles. The number of amides is 2. The monoisotopic (exact) mass is 393 g/mol. The summed E-state index contributed by atoms with van der Waals surface area (Å²) in [5.41, 5.74) is 5.94. The molecule has 0 aliphatic carbocycles. The maximum absolute atomic E-state index is 12.7. The summed E-state index contributed by atoms with van der Waals surface area (Å²) in [7, 11) is 0. The van der Waals surface area contributed by atoms with Gasteiger partial charge in [0, 0.05) is 19.5 Å². The van der Waals surface area contributed by atoms with Gasteiger partial charge in [-0.1, -0.05) is 31.2 Å². The third-order valence-corrected chi connectivity index (χ3v) is 4.17. The molecule has 0 saturated carbocycles. The van der Waals surface area contributed by atoms with Crippen molar-refractivity contribution in [2.24, 2.45) is 5.73 Å². The van der Waals surface area contributed by atoms with Crippen molar-refractivity contribution in [2.75, 3.05) is 18.4 Å². The lowest BCUT2D eigenvalue weighted by Gasteiger charge is -2.15. The molecule has 5 nitrogen and oxygen atoms in total. The molecule has 8 heteroatoms. The predicted molar refractivity (Wildman–Crippen MR) is 101 cm³/mol. The molecule has 0 fully saturated rings. The van der Waals surface area contributed by atoms with Gasteiger partial charge in [-0.2, -0.15) is 13.2 Å². The first-order chi connectivity index (χ1) is 13.2. The lowest BCUT2D eigenvalue weighted by atomic mass is 9.96. The zero-order chi connectivity index (χ0) is 20.7. The minimum absolute atomic E-state index is 0.0596. The molecule has 1 unspecified atom stereocenters. The third kappa shape index (κ3) is 5.82. The molecule has 0 spiro atoms. The Morgan fingerprint density at radius 2 is 1.71 bits per heavy atom. The molecule has 0 aromatic heterocycles. The normalized spacial score (nSPS) is 12.3. The predicted octanol–water partition coefficient (Wildman–Crippen LogP) is 3.53. The van der Waals surface area contributed by atoms with Crippen LogP contribution < -0.4 is 16.4 Å². The van der Waals surface area contributed by atoms with Crippen LogP contribution >= 0.6 is 0 Å². The quantitative estimate of drug-likeness (QED) is 0.673. The van der Waals surface area contributed by atoms with E-state index >= 15 is 0 Å². The molecular formula is C20H22F3N3O2. The van der Waals surface area contributed by atoms with E-state index in [0.29, 0.717) is 29.9 Å². The van der Waals surface area contributed by atoms with Gasteiger partial charge in [-0.25, -0.2) is 0 Å². The summed E-state index contributed by atoms with van der Waals surface area (Å²) >= 11 is 0. The van der Waals surface area contributed by atoms with Gasteiger partial charge in [-0.15, -0.1) is 0 Å². The van der Waals surface area contributed by atoms with E-state index in [1.807, 2.05) is 0 Å². The first-order valence-corrected chi connectivity index (χ1v) is 8.76. The van der Waals surface area contributed by atoms with Gasteiger partial charge in [0.05, 0.1) is 16.8 Å². The lowest BCUT2D eigenvalue weighted by Crippen LogP contribution is -2.30. The Labute approximate surface area is 161 Å². The van der Waals surface area contributed by atoms with Crippen LogP contribution in [0.3, 0.4) is 0 Å². The number of carbonyl (C=O) groups is 2. The van der Waals surface area contributed by atoms with E-state index in [9.17, 15) is 22.8 Å². The van der Waals surface area contributed by atoms with E-state index in [1.165, 1.54) is 12.1 Å². The molecule has 0 saturated heterocycles. The lowest BCUT2D eigenvalue weighted by molar-refractivity contribution is -0.137. The summed E-state index contributed by atoms with van der Waals surface area (Å²) in [6, 6.07) is 11.3. The number of nitrogens with one attached hydrogen (secondary N) is 2. The molecule has 28 heavy (non-hydrogen) atoms. The maximum atomic E-state index is 12.7. The number of nitrogens with two attached hydrogens (primary N) is 1. The van der Waals surface area contributed by atoms with Gasteiger partial charge in [0.1, 0.15) is 0 Å². The highest BCUT2D eigenvalue weighted by molar-refractivity contribution is 6.03. The smallest absolute Gasteiger partial charge is 0.351 e. The Bertz CT molecular complexity index is 820. The molecule has 1 atom stereocenters. The van der Waals surface area contributed by atoms with Crippen LogP contribution in [0, 0.1) is 0 Å². The van der Waals surface area contributed by atoms with Crippen LogP contribution in [0.2, 0.25) is 0 Å². The summed E-state index contributed by atoms with van der Waals surface area (Å²) in [6.07, 6.45) is -4.34. The Morgan fingerprint density at radius 3 is 2.32 bits per heavy atom. The molecule has 0 heterocycles. The molecule has 4 N–H and O–H groups in total. The van der Waals surface area contributed by atoms with E-state index < -0.39 is 11.7 Å². The Kier molecular flexibility index (Phi) is 7.17. The molecule has 150 valence electrons. The number of hydrogen-bond acceptors (Lipinski definition) is 3. The number of rotatable bonds is 7. The molecule has 2 rings (SSSR count). The van der Waals surface area contributed by atoms with E-state index in [4.69, 9.17) is 5.73 Å². The molecule has 2 aromatic carbocycles. The van der Waals surface area contributed by atoms with Gasteiger partial charge in [-0.3, -0.25) is 9.59 Å². The van der Waals surface area contributed by atoms with Crippen molar-refractivity contribution < 1.29 is 22.8 Å². The van der Waals surface area contributed by atoms with E-state index in [1.54, 1.807) is 31.2 Å². The van der Waals surface area contributed by atoms with Gasteiger partial charge >= 0.3 is 6.18 Å². The summed E-state index contributed by atoms with van der Waals surface area (Å²) < 4.78 is 38.0. The average molecular weight is 393 g/mol. The average Bonchev–Trinajstić information content (AvgIpc) is 2.65. The topological polar surface area (TPSA) is 84.2 Å². The van der Waals surface area contributed by atoms with Crippen molar-refractivity contribution in [1.82, 2.24) is 5.32 Å². The van der Waals surface area contributed by atoms with E-state index in [2.05, 4.69) is 10.6 Å². The summed E-state index contributed by atoms with van der Waals surface area (Å²) in [4.78, 5) is 24.5. The first kappa shape index (κ1) is 21.4. The Balaban J connectivity index is 2.03. The number of carbonyl (C=O) groups excluding carboxylic acids is 2. The highest BCUT2D eigenvalue weighted by Gasteiger charge is 2.30. The second-order valence-electron chi connectivity index (χ2n) is 6.36. The fourth-order valence-electron chi connectivity index (χ4n) is 2.67. The summed E-state index contributed by atoms with van der Waals surface area (Å²) in [6.45, 7) is 2.36. The summed E-state index contributed by atoms with van der Waals surface area (Å²) in [5, 5.41) is 5.33. The number of alkyl halides is 3. The Morgan fingerprint density at radius 1 is 1.07 bits per heavy atom. The van der Waals surface area contributed by atoms with Crippen LogP contribution in [-0.4, -0.2) is 24.9 Å². The first-order valence-electron chi connectivity index (χ1n) is 8.76. The van der Waals surface area contributed by atoms with E-state index in [-0.39, 0.29) is 24.2 Å².